The topological polar surface area (TPSA) is 92.8 Å². The highest BCUT2D eigenvalue weighted by Crippen LogP contribution is 2.31. The Bertz CT molecular complexity index is 1170. The van der Waals surface area contributed by atoms with Crippen molar-refractivity contribution in [2.24, 2.45) is 5.41 Å². The first-order chi connectivity index (χ1) is 16.4. The van der Waals surface area contributed by atoms with Crippen LogP contribution in [0.3, 0.4) is 0 Å². The van der Waals surface area contributed by atoms with Crippen molar-refractivity contribution in [2.75, 3.05) is 13.1 Å². The highest BCUT2D eigenvalue weighted by atomic mass is 19.2. The lowest BCUT2D eigenvalue weighted by molar-refractivity contribution is -0.151. The SMILES string of the molecule is CC(C)(C(=O)NCCCCN1C(=O)c2ccccc2C1=O)C(=O)Oc1c(F)c(F)c(F)c(F)c1F. The largest absolute Gasteiger partial charge is 0.419 e. The molecule has 0 aliphatic carbocycles. The third-order valence-electron chi connectivity index (χ3n) is 5.41. The van der Waals surface area contributed by atoms with Gasteiger partial charge in [0, 0.05) is 13.1 Å². The summed E-state index contributed by atoms with van der Waals surface area (Å²) in [6, 6.07) is 6.37. The van der Waals surface area contributed by atoms with Gasteiger partial charge in [-0.25, -0.2) is 13.2 Å². The van der Waals surface area contributed by atoms with Gasteiger partial charge in [0.15, 0.2) is 0 Å². The van der Waals surface area contributed by atoms with E-state index in [0.717, 1.165) is 18.7 Å². The number of imide groups is 1. The van der Waals surface area contributed by atoms with Crippen LogP contribution in [0.15, 0.2) is 24.3 Å². The van der Waals surface area contributed by atoms with Crippen molar-refractivity contribution in [2.45, 2.75) is 26.7 Å². The fourth-order valence-electron chi connectivity index (χ4n) is 3.25. The maximum Gasteiger partial charge on any atom is 0.326 e. The molecule has 0 aromatic heterocycles. The molecule has 1 aliphatic heterocycles. The van der Waals surface area contributed by atoms with Gasteiger partial charge < -0.3 is 10.1 Å². The molecule has 0 saturated heterocycles. The first-order valence-corrected chi connectivity index (χ1v) is 10.4. The molecule has 35 heavy (non-hydrogen) atoms. The average molecular weight is 498 g/mol. The molecule has 0 unspecified atom stereocenters. The summed E-state index contributed by atoms with van der Waals surface area (Å²) in [4.78, 5) is 50.4. The summed E-state index contributed by atoms with van der Waals surface area (Å²) < 4.78 is 71.6. The molecular formula is C23H19F5N2O5. The van der Waals surface area contributed by atoms with E-state index in [1.54, 1.807) is 24.3 Å². The van der Waals surface area contributed by atoms with Crippen molar-refractivity contribution < 1.29 is 45.9 Å². The van der Waals surface area contributed by atoms with Gasteiger partial charge in [0.1, 0.15) is 5.41 Å². The summed E-state index contributed by atoms with van der Waals surface area (Å²) >= 11 is 0. The molecule has 12 heteroatoms. The predicted octanol–water partition coefficient (Wildman–Crippen LogP) is 3.51. The second-order valence-electron chi connectivity index (χ2n) is 8.18. The summed E-state index contributed by atoms with van der Waals surface area (Å²) in [5.74, 6) is -16.9. The molecule has 3 amide bonds. The Morgan fingerprint density at radius 2 is 1.34 bits per heavy atom. The van der Waals surface area contributed by atoms with Crippen molar-refractivity contribution in [3.8, 4) is 5.75 Å². The Hall–Kier alpha value is -3.83. The van der Waals surface area contributed by atoms with Crippen molar-refractivity contribution in [1.29, 1.82) is 0 Å². The number of nitrogens with zero attached hydrogens (tertiary/aromatic N) is 1. The summed E-state index contributed by atoms with van der Waals surface area (Å²) in [5.41, 5.74) is -1.44. The maximum atomic E-state index is 13.8. The number of amides is 3. The molecule has 3 rings (SSSR count). The molecule has 0 atom stereocenters. The van der Waals surface area contributed by atoms with E-state index in [-0.39, 0.29) is 13.1 Å². The molecule has 0 saturated carbocycles. The van der Waals surface area contributed by atoms with E-state index in [0.29, 0.717) is 24.0 Å². The third-order valence-corrected chi connectivity index (χ3v) is 5.41. The molecule has 1 heterocycles. The van der Waals surface area contributed by atoms with Gasteiger partial charge in [0.05, 0.1) is 11.1 Å². The number of nitrogens with one attached hydrogen (secondary N) is 1. The average Bonchev–Trinajstić information content (AvgIpc) is 3.08. The van der Waals surface area contributed by atoms with E-state index in [9.17, 15) is 41.1 Å². The number of unbranched alkanes of at least 4 members (excludes halogenated alkanes) is 1. The lowest BCUT2D eigenvalue weighted by Crippen LogP contribution is -2.45. The van der Waals surface area contributed by atoms with Crippen LogP contribution in [0.2, 0.25) is 0 Å². The lowest BCUT2D eigenvalue weighted by atomic mass is 9.92. The Balaban J connectivity index is 1.53. The molecule has 1 aliphatic rings. The quantitative estimate of drug-likeness (QED) is 0.0879. The molecule has 7 nitrogen and oxygen atoms in total. The first-order valence-electron chi connectivity index (χ1n) is 10.4. The van der Waals surface area contributed by atoms with E-state index in [1.165, 1.54) is 0 Å². The fraction of sp³-hybridized carbons (Fsp3) is 0.304. The molecule has 0 fully saturated rings. The molecule has 186 valence electrons. The van der Waals surface area contributed by atoms with Crippen LogP contribution in [-0.4, -0.2) is 41.7 Å². The van der Waals surface area contributed by atoms with Crippen molar-refractivity contribution in [1.82, 2.24) is 10.2 Å². The third kappa shape index (κ3) is 4.73. The maximum absolute atomic E-state index is 13.8. The second-order valence-corrected chi connectivity index (χ2v) is 8.18. The van der Waals surface area contributed by atoms with E-state index in [2.05, 4.69) is 10.1 Å². The van der Waals surface area contributed by atoms with Crippen molar-refractivity contribution in [3.05, 3.63) is 64.5 Å². The van der Waals surface area contributed by atoms with Gasteiger partial charge in [-0.05, 0) is 38.8 Å². The van der Waals surface area contributed by atoms with E-state index < -0.39 is 63.9 Å². The fourth-order valence-corrected chi connectivity index (χ4v) is 3.25. The summed E-state index contributed by atoms with van der Waals surface area (Å²) in [6.07, 6.45) is 0.614. The molecular weight excluding hydrogens is 479 g/mol. The number of hydrogen-bond acceptors (Lipinski definition) is 5. The van der Waals surface area contributed by atoms with Crippen LogP contribution < -0.4 is 10.1 Å². The van der Waals surface area contributed by atoms with Crippen LogP contribution in [0.25, 0.3) is 0 Å². The number of benzene rings is 2. The van der Waals surface area contributed by atoms with Crippen LogP contribution in [0.1, 0.15) is 47.4 Å². The summed E-state index contributed by atoms with van der Waals surface area (Å²) in [7, 11) is 0. The zero-order valence-corrected chi connectivity index (χ0v) is 18.5. The van der Waals surface area contributed by atoms with Gasteiger partial charge in [0.2, 0.25) is 40.7 Å². The smallest absolute Gasteiger partial charge is 0.326 e. The van der Waals surface area contributed by atoms with Crippen LogP contribution in [-0.2, 0) is 9.59 Å². The van der Waals surface area contributed by atoms with Gasteiger partial charge in [-0.1, -0.05) is 12.1 Å². The number of halogens is 5. The normalized spacial score (nSPS) is 13.2. The van der Waals surface area contributed by atoms with Crippen LogP contribution in [0.4, 0.5) is 22.0 Å². The van der Waals surface area contributed by atoms with E-state index >= 15 is 0 Å². The summed E-state index contributed by atoms with van der Waals surface area (Å²) in [5, 5.41) is 2.39. The zero-order chi connectivity index (χ0) is 26.1. The van der Waals surface area contributed by atoms with Crippen molar-refractivity contribution >= 4 is 23.7 Å². The highest BCUT2D eigenvalue weighted by molar-refractivity contribution is 6.21. The minimum Gasteiger partial charge on any atom is -0.419 e. The Morgan fingerprint density at radius 3 is 1.86 bits per heavy atom. The van der Waals surface area contributed by atoms with E-state index in [1.807, 2.05) is 0 Å². The molecule has 1 N–H and O–H groups in total. The highest BCUT2D eigenvalue weighted by Gasteiger charge is 2.40. The second kappa shape index (κ2) is 9.80. The standard InChI is InChI=1S/C23H19F5N2O5/c1-23(2,22(34)35-18-16(27)14(25)13(24)15(26)17(18)28)21(33)29-9-5-6-10-30-19(31)11-7-3-4-8-12(11)20(30)32/h3-4,7-8H,5-6,9-10H2,1-2H3,(H,29,33). The van der Waals surface area contributed by atoms with Crippen LogP contribution >= 0.6 is 0 Å². The number of carbonyl (C=O) groups is 4. The molecule has 2 aromatic rings. The number of carbonyl (C=O) groups excluding carboxylic acids is 4. The monoisotopic (exact) mass is 498 g/mol. The molecule has 2 aromatic carbocycles. The summed E-state index contributed by atoms with van der Waals surface area (Å²) in [6.45, 7) is 2.17. The number of rotatable bonds is 8. The van der Waals surface area contributed by atoms with Crippen molar-refractivity contribution in [3.63, 3.8) is 0 Å². The number of esters is 1. The number of ether oxygens (including phenoxy) is 1. The van der Waals surface area contributed by atoms with Gasteiger partial charge in [-0.15, -0.1) is 0 Å². The van der Waals surface area contributed by atoms with Crippen LogP contribution in [0, 0.1) is 34.5 Å². The minimum absolute atomic E-state index is 0.00123. The minimum atomic E-state index is -2.42. The molecule has 0 spiro atoms. The Morgan fingerprint density at radius 1 is 0.857 bits per heavy atom. The zero-order valence-electron chi connectivity index (χ0n) is 18.5. The predicted molar refractivity (Wildman–Crippen MR) is 110 cm³/mol. The lowest BCUT2D eigenvalue weighted by Gasteiger charge is -2.22. The number of fused-ring (bicyclic) bond motifs is 1. The Kier molecular flexibility index (Phi) is 7.22. The van der Waals surface area contributed by atoms with Gasteiger partial charge in [0.25, 0.3) is 11.8 Å². The van der Waals surface area contributed by atoms with Crippen LogP contribution in [0.5, 0.6) is 5.75 Å². The van der Waals surface area contributed by atoms with Gasteiger partial charge >= 0.3 is 5.97 Å². The van der Waals surface area contributed by atoms with E-state index in [4.69, 9.17) is 0 Å². The molecule has 0 bridgehead atoms. The van der Waals surface area contributed by atoms with Gasteiger partial charge in [-0.2, -0.15) is 8.78 Å². The molecule has 0 radical (unpaired) electrons. The Labute approximate surface area is 195 Å². The number of hydrogen-bond donors (Lipinski definition) is 1. The van der Waals surface area contributed by atoms with Gasteiger partial charge in [-0.3, -0.25) is 24.1 Å². The first kappa shape index (κ1) is 25.8.